The summed E-state index contributed by atoms with van der Waals surface area (Å²) in [4.78, 5) is 9.17. The lowest BCUT2D eigenvalue weighted by atomic mass is 10.2. The van der Waals surface area contributed by atoms with Gasteiger partial charge in [-0.25, -0.2) is 9.97 Å². The Labute approximate surface area is 121 Å². The first kappa shape index (κ1) is 14.8. The van der Waals surface area contributed by atoms with E-state index in [1.807, 2.05) is 6.92 Å². The summed E-state index contributed by atoms with van der Waals surface area (Å²) in [5.41, 5.74) is 10.4. The van der Waals surface area contributed by atoms with Gasteiger partial charge >= 0.3 is 0 Å². The van der Waals surface area contributed by atoms with E-state index in [-0.39, 0.29) is 0 Å². The number of anilines is 1. The molecule has 2 aromatic heterocycles. The summed E-state index contributed by atoms with van der Waals surface area (Å²) in [5.74, 6) is 1.72. The van der Waals surface area contributed by atoms with Crippen molar-refractivity contribution in [3.05, 3.63) is 17.1 Å². The van der Waals surface area contributed by atoms with Crippen LogP contribution in [-0.4, -0.2) is 14.5 Å². The summed E-state index contributed by atoms with van der Waals surface area (Å²) in [6.45, 7) is 9.60. The van der Waals surface area contributed by atoms with E-state index >= 15 is 0 Å². The molecule has 0 fully saturated rings. The fraction of sp³-hybridized carbons (Fsp3) is 0.625. The fourth-order valence-electron chi connectivity index (χ4n) is 2.72. The maximum absolute atomic E-state index is 6.07. The molecule has 0 atom stereocenters. The van der Waals surface area contributed by atoms with Gasteiger partial charge in [-0.15, -0.1) is 0 Å². The normalized spacial score (nSPS) is 11.4. The zero-order valence-electron chi connectivity index (χ0n) is 13.2. The number of nitrogen functional groups attached to an aromatic ring is 1. The molecule has 0 bridgehead atoms. The zero-order chi connectivity index (χ0) is 14.7. The number of unbranched alkanes of at least 4 members (excludes halogenated alkanes) is 2. The monoisotopic (exact) mass is 274 g/mol. The molecule has 4 nitrogen and oxygen atoms in total. The molecule has 0 aliphatic carbocycles. The predicted molar refractivity (Wildman–Crippen MR) is 84.9 cm³/mol. The molecule has 20 heavy (non-hydrogen) atoms. The lowest BCUT2D eigenvalue weighted by molar-refractivity contribution is 0.587. The van der Waals surface area contributed by atoms with Crippen LogP contribution in [-0.2, 0) is 13.0 Å². The zero-order valence-corrected chi connectivity index (χ0v) is 13.2. The van der Waals surface area contributed by atoms with Crippen LogP contribution in [0.3, 0.4) is 0 Å². The van der Waals surface area contributed by atoms with Gasteiger partial charge in [-0.1, -0.05) is 26.7 Å². The van der Waals surface area contributed by atoms with Gasteiger partial charge in [0.1, 0.15) is 11.3 Å². The molecule has 4 heteroatoms. The Morgan fingerprint density at radius 2 is 1.80 bits per heavy atom. The highest BCUT2D eigenvalue weighted by Gasteiger charge is 2.16. The van der Waals surface area contributed by atoms with Gasteiger partial charge in [0.15, 0.2) is 5.82 Å². The molecule has 2 N–H and O–H groups in total. The van der Waals surface area contributed by atoms with Crippen molar-refractivity contribution in [1.82, 2.24) is 14.5 Å². The Morgan fingerprint density at radius 3 is 2.45 bits per heavy atom. The molecule has 0 amide bonds. The third-order valence-electron chi connectivity index (χ3n) is 3.93. The van der Waals surface area contributed by atoms with E-state index in [1.165, 1.54) is 30.3 Å². The second-order valence-corrected chi connectivity index (χ2v) is 5.54. The first-order valence-electron chi connectivity index (χ1n) is 7.71. The number of pyridine rings is 1. The van der Waals surface area contributed by atoms with Gasteiger partial charge < -0.3 is 10.3 Å². The smallest absolute Gasteiger partial charge is 0.151 e. The molecule has 0 aromatic carbocycles. The Kier molecular flexibility index (Phi) is 4.63. The summed E-state index contributed by atoms with van der Waals surface area (Å²) in [6, 6.07) is 0. The summed E-state index contributed by atoms with van der Waals surface area (Å²) >= 11 is 0. The quantitative estimate of drug-likeness (QED) is 0.816. The summed E-state index contributed by atoms with van der Waals surface area (Å²) in [7, 11) is 0. The minimum Gasteiger partial charge on any atom is -0.382 e. The van der Waals surface area contributed by atoms with Crippen LogP contribution in [0.2, 0.25) is 0 Å². The molecule has 0 aliphatic rings. The van der Waals surface area contributed by atoms with Gasteiger partial charge in [-0.05, 0) is 32.3 Å². The van der Waals surface area contributed by atoms with Gasteiger partial charge in [0.05, 0.1) is 5.52 Å². The van der Waals surface area contributed by atoms with Gasteiger partial charge in [-0.3, -0.25) is 0 Å². The van der Waals surface area contributed by atoms with Crippen molar-refractivity contribution in [1.29, 1.82) is 0 Å². The molecule has 0 unspecified atom stereocenters. The maximum Gasteiger partial charge on any atom is 0.151 e. The van der Waals surface area contributed by atoms with Crippen LogP contribution in [0.5, 0.6) is 0 Å². The average Bonchev–Trinajstić information content (AvgIpc) is 2.77. The molecular formula is C16H26N4. The van der Waals surface area contributed by atoms with Crippen LogP contribution in [0.4, 0.5) is 5.82 Å². The number of fused-ring (bicyclic) bond motifs is 1. The second kappa shape index (κ2) is 6.25. The van der Waals surface area contributed by atoms with Crippen molar-refractivity contribution in [2.75, 3.05) is 5.73 Å². The average molecular weight is 274 g/mol. The molecule has 0 radical (unpaired) electrons. The second-order valence-electron chi connectivity index (χ2n) is 5.54. The molecular weight excluding hydrogens is 248 g/mol. The molecule has 2 aromatic rings. The largest absolute Gasteiger partial charge is 0.382 e. The molecule has 2 heterocycles. The van der Waals surface area contributed by atoms with Crippen molar-refractivity contribution in [3.63, 3.8) is 0 Å². The number of rotatable bonds is 6. The Morgan fingerprint density at radius 1 is 1.05 bits per heavy atom. The Balaban J connectivity index is 2.56. The van der Waals surface area contributed by atoms with Crippen molar-refractivity contribution >= 4 is 16.9 Å². The van der Waals surface area contributed by atoms with Gasteiger partial charge in [0.25, 0.3) is 0 Å². The third kappa shape index (κ3) is 2.65. The van der Waals surface area contributed by atoms with E-state index in [2.05, 4.69) is 30.3 Å². The van der Waals surface area contributed by atoms with Crippen molar-refractivity contribution < 1.29 is 0 Å². The molecule has 0 aliphatic heterocycles. The first-order valence-corrected chi connectivity index (χ1v) is 7.71. The van der Waals surface area contributed by atoms with E-state index in [4.69, 9.17) is 10.7 Å². The van der Waals surface area contributed by atoms with Crippen molar-refractivity contribution in [2.24, 2.45) is 0 Å². The van der Waals surface area contributed by atoms with Gasteiger partial charge in [-0.2, -0.15) is 0 Å². The number of aromatic nitrogens is 3. The van der Waals surface area contributed by atoms with Gasteiger partial charge in [0.2, 0.25) is 0 Å². The van der Waals surface area contributed by atoms with Crippen molar-refractivity contribution in [3.8, 4) is 0 Å². The highest BCUT2D eigenvalue weighted by atomic mass is 15.1. The Hall–Kier alpha value is -1.58. The van der Waals surface area contributed by atoms with E-state index in [9.17, 15) is 0 Å². The van der Waals surface area contributed by atoms with Crippen molar-refractivity contribution in [2.45, 2.75) is 66.3 Å². The molecule has 0 saturated heterocycles. The maximum atomic E-state index is 6.07. The highest BCUT2D eigenvalue weighted by molar-refractivity contribution is 5.88. The molecule has 2 rings (SSSR count). The number of imidazole rings is 1. The lowest BCUT2D eigenvalue weighted by Crippen LogP contribution is -2.06. The highest BCUT2D eigenvalue weighted by Crippen LogP contribution is 2.27. The van der Waals surface area contributed by atoms with E-state index in [0.29, 0.717) is 5.82 Å². The molecule has 0 spiro atoms. The number of nitrogens with zero attached hydrogens (tertiary/aromatic N) is 3. The summed E-state index contributed by atoms with van der Waals surface area (Å²) in [6.07, 6.45) is 5.78. The number of hydrogen-bond donors (Lipinski definition) is 1. The minimum atomic E-state index is 0.565. The van der Waals surface area contributed by atoms with Crippen LogP contribution >= 0.6 is 0 Å². The number of nitrogens with two attached hydrogens (primary N) is 1. The lowest BCUT2D eigenvalue weighted by Gasteiger charge is -2.11. The topological polar surface area (TPSA) is 56.7 Å². The molecule has 110 valence electrons. The van der Waals surface area contributed by atoms with Crippen LogP contribution in [0.25, 0.3) is 11.0 Å². The number of aryl methyl sites for hydroxylation is 4. The Bertz CT molecular complexity index is 598. The third-order valence-corrected chi connectivity index (χ3v) is 3.93. The van der Waals surface area contributed by atoms with Crippen LogP contribution in [0, 0.1) is 13.8 Å². The van der Waals surface area contributed by atoms with Crippen LogP contribution in [0.1, 0.15) is 56.6 Å². The minimum absolute atomic E-state index is 0.565. The van der Waals surface area contributed by atoms with Crippen LogP contribution in [0.15, 0.2) is 0 Å². The van der Waals surface area contributed by atoms with E-state index < -0.39 is 0 Å². The SMILES string of the molecule is CCCCCn1c(CCC)nc2c(N)nc(C)c(C)c21. The first-order chi connectivity index (χ1) is 9.60. The standard InChI is InChI=1S/C16H26N4/c1-5-7-8-10-20-13(9-6-2)19-14-15(20)11(3)12(4)18-16(14)17/h5-10H2,1-4H3,(H2,17,18). The number of hydrogen-bond acceptors (Lipinski definition) is 3. The van der Waals surface area contributed by atoms with Crippen LogP contribution < -0.4 is 5.73 Å². The van der Waals surface area contributed by atoms with E-state index in [0.717, 1.165) is 36.4 Å². The summed E-state index contributed by atoms with van der Waals surface area (Å²) in [5, 5.41) is 0. The predicted octanol–water partition coefficient (Wildman–Crippen LogP) is 3.77. The van der Waals surface area contributed by atoms with E-state index in [1.54, 1.807) is 0 Å². The van der Waals surface area contributed by atoms with Gasteiger partial charge in [0, 0.05) is 18.7 Å². The fourth-order valence-corrected chi connectivity index (χ4v) is 2.72. The molecule has 0 saturated carbocycles. The summed E-state index contributed by atoms with van der Waals surface area (Å²) < 4.78 is 2.37.